The van der Waals surface area contributed by atoms with Crippen LogP contribution in [0.1, 0.15) is 24.8 Å². The maximum absolute atomic E-state index is 10.6. The van der Waals surface area contributed by atoms with E-state index in [4.69, 9.17) is 11.5 Å². The third kappa shape index (κ3) is 10.1. The normalized spacial score (nSPS) is 9.32. The zero-order valence-electron chi connectivity index (χ0n) is 10.8. The summed E-state index contributed by atoms with van der Waals surface area (Å²) in [5, 5.41) is 0. The van der Waals surface area contributed by atoms with E-state index >= 15 is 0 Å². The summed E-state index contributed by atoms with van der Waals surface area (Å²) in [7, 11) is 0. The van der Waals surface area contributed by atoms with Gasteiger partial charge in [-0.2, -0.15) is 0 Å². The predicted molar refractivity (Wildman–Crippen MR) is 87.5 cm³/mol. The first-order valence-electron chi connectivity index (χ1n) is 5.92. The van der Waals surface area contributed by atoms with Gasteiger partial charge in [-0.15, -0.1) is 36.6 Å². The van der Waals surface area contributed by atoms with Gasteiger partial charge in [0.1, 0.15) is 0 Å². The standard InChI is InChI=1S/C13H20N2OS.2ClH/c14-9-2-1-3-11-4-6-12(7-5-11)17-10-8-13(15)16;;/h4-7H,1-3,8-10,14H2,(H2,15,16);2*1H. The first kappa shape index (κ1) is 20.9. The highest BCUT2D eigenvalue weighted by Gasteiger charge is 1.98. The smallest absolute Gasteiger partial charge is 0.218 e. The highest BCUT2D eigenvalue weighted by atomic mass is 35.5. The number of primary amides is 1. The fraction of sp³-hybridized carbons (Fsp3) is 0.462. The summed E-state index contributed by atoms with van der Waals surface area (Å²) in [5.41, 5.74) is 11.9. The van der Waals surface area contributed by atoms with E-state index in [0.29, 0.717) is 6.42 Å². The van der Waals surface area contributed by atoms with Crippen molar-refractivity contribution in [2.45, 2.75) is 30.6 Å². The number of carbonyl (C=O) groups is 1. The third-order valence-corrected chi connectivity index (χ3v) is 3.47. The predicted octanol–water partition coefficient (Wildman–Crippen LogP) is 2.78. The van der Waals surface area contributed by atoms with Gasteiger partial charge in [0.2, 0.25) is 5.91 Å². The van der Waals surface area contributed by atoms with Crippen molar-refractivity contribution >= 4 is 42.5 Å². The number of benzene rings is 1. The molecule has 0 fully saturated rings. The Kier molecular flexibility index (Phi) is 13.9. The molecule has 0 heterocycles. The SMILES string of the molecule is Cl.Cl.NCCCCc1ccc(SCCC(N)=O)cc1. The molecule has 0 atom stereocenters. The summed E-state index contributed by atoms with van der Waals surface area (Å²) in [5.74, 6) is 0.512. The van der Waals surface area contributed by atoms with Gasteiger partial charge in [0.25, 0.3) is 0 Å². The molecule has 4 N–H and O–H groups in total. The largest absolute Gasteiger partial charge is 0.370 e. The summed E-state index contributed by atoms with van der Waals surface area (Å²) in [6, 6.07) is 8.49. The Bertz CT molecular complexity index is 347. The van der Waals surface area contributed by atoms with Crippen molar-refractivity contribution in [1.82, 2.24) is 0 Å². The van der Waals surface area contributed by atoms with E-state index in [1.165, 1.54) is 10.5 Å². The lowest BCUT2D eigenvalue weighted by Crippen LogP contribution is -2.10. The second-order valence-electron chi connectivity index (χ2n) is 3.95. The van der Waals surface area contributed by atoms with Crippen LogP contribution in [0.3, 0.4) is 0 Å². The van der Waals surface area contributed by atoms with Gasteiger partial charge in [0.15, 0.2) is 0 Å². The van der Waals surface area contributed by atoms with Crippen molar-refractivity contribution in [2.75, 3.05) is 12.3 Å². The molecule has 1 aromatic rings. The van der Waals surface area contributed by atoms with Gasteiger partial charge >= 0.3 is 0 Å². The van der Waals surface area contributed by atoms with Gasteiger partial charge in [-0.3, -0.25) is 4.79 Å². The van der Waals surface area contributed by atoms with Crippen molar-refractivity contribution in [2.24, 2.45) is 11.5 Å². The Morgan fingerprint density at radius 2 is 1.74 bits per heavy atom. The van der Waals surface area contributed by atoms with Crippen molar-refractivity contribution in [3.05, 3.63) is 29.8 Å². The van der Waals surface area contributed by atoms with Crippen LogP contribution in [-0.2, 0) is 11.2 Å². The van der Waals surface area contributed by atoms with Crippen molar-refractivity contribution < 1.29 is 4.79 Å². The number of rotatable bonds is 8. The van der Waals surface area contributed by atoms with Gasteiger partial charge < -0.3 is 11.5 Å². The van der Waals surface area contributed by atoms with E-state index in [-0.39, 0.29) is 30.7 Å². The number of aryl methyl sites for hydroxylation is 1. The average molecular weight is 325 g/mol. The minimum Gasteiger partial charge on any atom is -0.370 e. The number of carbonyl (C=O) groups excluding carboxylic acids is 1. The van der Waals surface area contributed by atoms with E-state index in [1.807, 2.05) is 0 Å². The van der Waals surface area contributed by atoms with Crippen LogP contribution in [0, 0.1) is 0 Å². The molecule has 6 heteroatoms. The molecule has 0 saturated carbocycles. The third-order valence-electron chi connectivity index (χ3n) is 2.46. The van der Waals surface area contributed by atoms with Crippen LogP contribution >= 0.6 is 36.6 Å². The number of hydrogen-bond acceptors (Lipinski definition) is 3. The maximum atomic E-state index is 10.6. The van der Waals surface area contributed by atoms with Gasteiger partial charge in [0.05, 0.1) is 0 Å². The van der Waals surface area contributed by atoms with E-state index in [0.717, 1.165) is 31.6 Å². The van der Waals surface area contributed by atoms with Gasteiger partial charge in [0, 0.05) is 17.1 Å². The van der Waals surface area contributed by atoms with E-state index in [9.17, 15) is 4.79 Å². The Morgan fingerprint density at radius 3 is 2.26 bits per heavy atom. The van der Waals surface area contributed by atoms with E-state index < -0.39 is 0 Å². The molecule has 19 heavy (non-hydrogen) atoms. The molecule has 0 radical (unpaired) electrons. The molecule has 0 spiro atoms. The molecule has 0 aliphatic heterocycles. The number of thioether (sulfide) groups is 1. The number of hydrogen-bond donors (Lipinski definition) is 2. The summed E-state index contributed by atoms with van der Waals surface area (Å²) in [6.07, 6.45) is 3.74. The molecule has 0 aliphatic rings. The van der Waals surface area contributed by atoms with Crippen LogP contribution in [0.25, 0.3) is 0 Å². The van der Waals surface area contributed by atoms with E-state index in [2.05, 4.69) is 24.3 Å². The van der Waals surface area contributed by atoms with Crippen LogP contribution in [-0.4, -0.2) is 18.2 Å². The van der Waals surface area contributed by atoms with E-state index in [1.54, 1.807) is 11.8 Å². The molecule has 1 rings (SSSR count). The monoisotopic (exact) mass is 324 g/mol. The molecule has 1 aromatic carbocycles. The minimum absolute atomic E-state index is 0. The zero-order valence-corrected chi connectivity index (χ0v) is 13.3. The summed E-state index contributed by atoms with van der Waals surface area (Å²) in [6.45, 7) is 0.765. The maximum Gasteiger partial charge on any atom is 0.218 e. The van der Waals surface area contributed by atoms with Gasteiger partial charge in [-0.05, 0) is 43.5 Å². The Labute approximate surface area is 131 Å². The zero-order chi connectivity index (χ0) is 12.5. The van der Waals surface area contributed by atoms with Crippen LogP contribution in [0.15, 0.2) is 29.2 Å². The molecular formula is C13H22Cl2N2OS. The van der Waals surface area contributed by atoms with Gasteiger partial charge in [-0.1, -0.05) is 12.1 Å². The summed E-state index contributed by atoms with van der Waals surface area (Å²) in [4.78, 5) is 11.8. The molecule has 1 amide bonds. The molecule has 0 bridgehead atoms. The second kappa shape index (κ2) is 12.6. The summed E-state index contributed by atoms with van der Waals surface area (Å²) < 4.78 is 0. The average Bonchev–Trinajstić information content (AvgIpc) is 2.31. The highest BCUT2D eigenvalue weighted by Crippen LogP contribution is 2.19. The van der Waals surface area contributed by atoms with Crippen molar-refractivity contribution in [3.8, 4) is 0 Å². The first-order chi connectivity index (χ1) is 8.22. The number of halogens is 2. The topological polar surface area (TPSA) is 69.1 Å². The lowest BCUT2D eigenvalue weighted by Gasteiger charge is -2.03. The van der Waals surface area contributed by atoms with Gasteiger partial charge in [-0.25, -0.2) is 0 Å². The quantitative estimate of drug-likeness (QED) is 0.570. The molecule has 0 aromatic heterocycles. The van der Waals surface area contributed by atoms with Crippen molar-refractivity contribution in [1.29, 1.82) is 0 Å². The van der Waals surface area contributed by atoms with Crippen LogP contribution in [0.4, 0.5) is 0 Å². The fourth-order valence-electron chi connectivity index (χ4n) is 1.50. The Morgan fingerprint density at radius 1 is 1.11 bits per heavy atom. The number of nitrogens with two attached hydrogens (primary N) is 2. The molecule has 0 unspecified atom stereocenters. The first-order valence-corrected chi connectivity index (χ1v) is 6.91. The fourth-order valence-corrected chi connectivity index (χ4v) is 2.36. The van der Waals surface area contributed by atoms with Crippen LogP contribution in [0.2, 0.25) is 0 Å². The molecule has 110 valence electrons. The second-order valence-corrected chi connectivity index (χ2v) is 5.12. The molecule has 0 aliphatic carbocycles. The Balaban J connectivity index is 0. The number of amides is 1. The minimum atomic E-state index is -0.240. The molecule has 3 nitrogen and oxygen atoms in total. The number of unbranched alkanes of at least 4 members (excludes halogenated alkanes) is 1. The molecule has 0 saturated heterocycles. The molecular weight excluding hydrogens is 303 g/mol. The van der Waals surface area contributed by atoms with Crippen LogP contribution in [0.5, 0.6) is 0 Å². The lowest BCUT2D eigenvalue weighted by molar-refractivity contribution is -0.117. The Hall–Kier alpha value is -0.420. The van der Waals surface area contributed by atoms with Crippen LogP contribution < -0.4 is 11.5 Å². The van der Waals surface area contributed by atoms with Crippen molar-refractivity contribution in [3.63, 3.8) is 0 Å². The lowest BCUT2D eigenvalue weighted by atomic mass is 10.1. The highest BCUT2D eigenvalue weighted by molar-refractivity contribution is 7.99. The summed E-state index contributed by atoms with van der Waals surface area (Å²) >= 11 is 1.66.